The molecule has 2 fully saturated rings. The van der Waals surface area contributed by atoms with Crippen LogP contribution < -0.4 is 5.32 Å². The number of nitrogens with zero attached hydrogens (tertiary/aromatic N) is 2. The SMILES string of the molecule is CN1CCN(C[C@H]2CCC[C@@H](NC(=O)OC(C)(C)C)C2)CC1. The summed E-state index contributed by atoms with van der Waals surface area (Å²) in [6.07, 6.45) is 4.40. The Hall–Kier alpha value is -0.810. The van der Waals surface area contributed by atoms with Crippen LogP contribution >= 0.6 is 0 Å². The molecule has 5 nitrogen and oxygen atoms in total. The normalized spacial score (nSPS) is 28.4. The summed E-state index contributed by atoms with van der Waals surface area (Å²) >= 11 is 0. The fraction of sp³-hybridized carbons (Fsp3) is 0.941. The average molecular weight is 311 g/mol. The van der Waals surface area contributed by atoms with E-state index in [1.165, 1.54) is 45.6 Å². The molecule has 0 unspecified atom stereocenters. The summed E-state index contributed by atoms with van der Waals surface area (Å²) in [7, 11) is 2.19. The molecule has 5 heteroatoms. The van der Waals surface area contributed by atoms with Crippen LogP contribution in [0.25, 0.3) is 0 Å². The van der Waals surface area contributed by atoms with Crippen molar-refractivity contribution in [2.75, 3.05) is 39.8 Å². The van der Waals surface area contributed by atoms with Gasteiger partial charge in [-0.3, -0.25) is 0 Å². The molecule has 128 valence electrons. The summed E-state index contributed by atoms with van der Waals surface area (Å²) in [5, 5.41) is 3.06. The first-order valence-electron chi connectivity index (χ1n) is 8.72. The molecule has 0 aromatic carbocycles. The summed E-state index contributed by atoms with van der Waals surface area (Å²) in [6, 6.07) is 0.279. The van der Waals surface area contributed by atoms with Crippen LogP contribution in [-0.2, 0) is 4.74 Å². The second-order valence-electron chi connectivity index (χ2n) is 7.98. The van der Waals surface area contributed by atoms with E-state index in [1.807, 2.05) is 20.8 Å². The van der Waals surface area contributed by atoms with Crippen molar-refractivity contribution in [3.63, 3.8) is 0 Å². The van der Waals surface area contributed by atoms with Crippen molar-refractivity contribution < 1.29 is 9.53 Å². The highest BCUT2D eigenvalue weighted by Gasteiger charge is 2.27. The van der Waals surface area contributed by atoms with Gasteiger partial charge in [0, 0.05) is 38.8 Å². The zero-order valence-corrected chi connectivity index (χ0v) is 14.7. The maximum atomic E-state index is 11.9. The molecule has 1 saturated heterocycles. The van der Waals surface area contributed by atoms with Crippen LogP contribution in [0, 0.1) is 5.92 Å². The molecule has 0 aromatic heterocycles. The Kier molecular flexibility index (Phi) is 6.09. The summed E-state index contributed by atoms with van der Waals surface area (Å²) in [6.45, 7) is 11.6. The summed E-state index contributed by atoms with van der Waals surface area (Å²) in [5.74, 6) is 0.706. The van der Waals surface area contributed by atoms with Crippen LogP contribution in [0.5, 0.6) is 0 Å². The predicted octanol–water partition coefficient (Wildman–Crippen LogP) is 2.32. The fourth-order valence-electron chi connectivity index (χ4n) is 3.46. The molecule has 0 radical (unpaired) electrons. The van der Waals surface area contributed by atoms with E-state index in [2.05, 4.69) is 22.2 Å². The van der Waals surface area contributed by atoms with Crippen LogP contribution in [0.3, 0.4) is 0 Å². The molecule has 1 aliphatic carbocycles. The molecule has 1 aliphatic heterocycles. The summed E-state index contributed by atoms with van der Waals surface area (Å²) in [4.78, 5) is 16.9. The van der Waals surface area contributed by atoms with E-state index in [0.717, 1.165) is 12.8 Å². The minimum Gasteiger partial charge on any atom is -0.444 e. The van der Waals surface area contributed by atoms with Crippen molar-refractivity contribution in [3.8, 4) is 0 Å². The van der Waals surface area contributed by atoms with Gasteiger partial charge in [-0.05, 0) is 53.0 Å². The van der Waals surface area contributed by atoms with Crippen molar-refractivity contribution in [2.24, 2.45) is 5.92 Å². The van der Waals surface area contributed by atoms with Gasteiger partial charge in [0.15, 0.2) is 0 Å². The molecule has 0 aromatic rings. The third-order valence-electron chi connectivity index (χ3n) is 4.62. The summed E-state index contributed by atoms with van der Waals surface area (Å²) in [5.41, 5.74) is -0.419. The lowest BCUT2D eigenvalue weighted by molar-refractivity contribution is 0.0475. The highest BCUT2D eigenvalue weighted by Crippen LogP contribution is 2.25. The zero-order chi connectivity index (χ0) is 16.2. The molecule has 0 bridgehead atoms. The number of carbonyl (C=O) groups excluding carboxylic acids is 1. The Morgan fingerprint density at radius 3 is 2.50 bits per heavy atom. The Balaban J connectivity index is 1.73. The van der Waals surface area contributed by atoms with Crippen LogP contribution in [0.15, 0.2) is 0 Å². The fourth-order valence-corrected chi connectivity index (χ4v) is 3.46. The standard InChI is InChI=1S/C17H33N3O2/c1-17(2,3)22-16(21)18-15-7-5-6-14(12-15)13-20-10-8-19(4)9-11-20/h14-15H,5-13H2,1-4H3,(H,18,21)/t14-,15+/m0/s1. The van der Waals surface area contributed by atoms with Gasteiger partial charge in [-0.1, -0.05) is 6.42 Å². The largest absolute Gasteiger partial charge is 0.444 e. The van der Waals surface area contributed by atoms with E-state index >= 15 is 0 Å². The number of rotatable bonds is 3. The highest BCUT2D eigenvalue weighted by molar-refractivity contribution is 5.68. The summed E-state index contributed by atoms with van der Waals surface area (Å²) < 4.78 is 5.37. The van der Waals surface area contributed by atoms with Gasteiger partial charge >= 0.3 is 6.09 Å². The first-order chi connectivity index (χ1) is 10.3. The third-order valence-corrected chi connectivity index (χ3v) is 4.62. The number of ether oxygens (including phenoxy) is 1. The highest BCUT2D eigenvalue weighted by atomic mass is 16.6. The molecule has 2 atom stereocenters. The van der Waals surface area contributed by atoms with Crippen molar-refractivity contribution >= 4 is 6.09 Å². The second kappa shape index (κ2) is 7.64. The zero-order valence-electron chi connectivity index (χ0n) is 14.7. The predicted molar refractivity (Wildman–Crippen MR) is 89.1 cm³/mol. The molecule has 2 rings (SSSR count). The molecule has 1 amide bonds. The van der Waals surface area contributed by atoms with E-state index in [4.69, 9.17) is 4.74 Å². The molecule has 22 heavy (non-hydrogen) atoms. The van der Waals surface area contributed by atoms with Gasteiger partial charge in [0.1, 0.15) is 5.60 Å². The number of hydrogen-bond acceptors (Lipinski definition) is 4. The lowest BCUT2D eigenvalue weighted by Gasteiger charge is -2.37. The number of amides is 1. The molecule has 2 aliphatic rings. The lowest BCUT2D eigenvalue weighted by Crippen LogP contribution is -2.48. The van der Waals surface area contributed by atoms with Crippen molar-refractivity contribution in [1.29, 1.82) is 0 Å². The Labute approximate surface area is 135 Å². The van der Waals surface area contributed by atoms with E-state index in [1.54, 1.807) is 0 Å². The minimum absolute atomic E-state index is 0.266. The molecule has 1 saturated carbocycles. The number of likely N-dealkylation sites (N-methyl/N-ethyl adjacent to an activating group) is 1. The van der Waals surface area contributed by atoms with Gasteiger partial charge in [-0.25, -0.2) is 4.79 Å². The minimum atomic E-state index is -0.419. The first-order valence-corrected chi connectivity index (χ1v) is 8.72. The van der Waals surface area contributed by atoms with Crippen molar-refractivity contribution in [1.82, 2.24) is 15.1 Å². The van der Waals surface area contributed by atoms with E-state index in [9.17, 15) is 4.79 Å². The first kappa shape index (κ1) is 17.5. The Bertz CT molecular complexity index is 359. The smallest absolute Gasteiger partial charge is 0.407 e. The van der Waals surface area contributed by atoms with Crippen LogP contribution in [0.2, 0.25) is 0 Å². The third kappa shape index (κ3) is 6.13. The monoisotopic (exact) mass is 311 g/mol. The average Bonchev–Trinajstić information content (AvgIpc) is 2.39. The lowest BCUT2D eigenvalue weighted by atomic mass is 9.85. The van der Waals surface area contributed by atoms with Gasteiger partial charge in [-0.15, -0.1) is 0 Å². The van der Waals surface area contributed by atoms with E-state index < -0.39 is 5.60 Å². The van der Waals surface area contributed by atoms with Gasteiger partial charge < -0.3 is 19.9 Å². The second-order valence-corrected chi connectivity index (χ2v) is 7.98. The van der Waals surface area contributed by atoms with E-state index in [-0.39, 0.29) is 12.1 Å². The van der Waals surface area contributed by atoms with E-state index in [0.29, 0.717) is 5.92 Å². The van der Waals surface area contributed by atoms with Gasteiger partial charge in [0.2, 0.25) is 0 Å². The molecule has 1 N–H and O–H groups in total. The maximum Gasteiger partial charge on any atom is 0.407 e. The Morgan fingerprint density at radius 1 is 1.18 bits per heavy atom. The molecule has 1 heterocycles. The van der Waals surface area contributed by atoms with Crippen molar-refractivity contribution in [3.05, 3.63) is 0 Å². The topological polar surface area (TPSA) is 44.8 Å². The van der Waals surface area contributed by atoms with Crippen LogP contribution in [0.1, 0.15) is 46.5 Å². The maximum absolute atomic E-state index is 11.9. The number of carbonyl (C=O) groups is 1. The van der Waals surface area contributed by atoms with Gasteiger partial charge in [0.25, 0.3) is 0 Å². The quantitative estimate of drug-likeness (QED) is 0.869. The van der Waals surface area contributed by atoms with Gasteiger partial charge in [0.05, 0.1) is 0 Å². The van der Waals surface area contributed by atoms with Crippen LogP contribution in [0.4, 0.5) is 4.79 Å². The molecule has 0 spiro atoms. The Morgan fingerprint density at radius 2 is 1.86 bits per heavy atom. The molecular weight excluding hydrogens is 278 g/mol. The molecular formula is C17H33N3O2. The number of hydrogen-bond donors (Lipinski definition) is 1. The number of piperazine rings is 1. The number of alkyl carbamates (subject to hydrolysis) is 1. The van der Waals surface area contributed by atoms with Crippen molar-refractivity contribution in [2.45, 2.75) is 58.1 Å². The van der Waals surface area contributed by atoms with Crippen LogP contribution in [-0.4, -0.2) is 67.3 Å². The number of nitrogens with one attached hydrogen (secondary N) is 1. The van der Waals surface area contributed by atoms with Gasteiger partial charge in [-0.2, -0.15) is 0 Å².